The second kappa shape index (κ2) is 8.11. The average molecular weight is 334 g/mol. The topological polar surface area (TPSA) is 32.3 Å². The number of carbonyl (C=O) groups excluding carboxylic acids is 1. The van der Waals surface area contributed by atoms with Crippen molar-refractivity contribution in [2.24, 2.45) is 11.3 Å². The number of nitrogens with zero attached hydrogens (tertiary/aromatic N) is 1. The smallest absolute Gasteiger partial charge is 0.236 e. The molecule has 4 heteroatoms. The minimum Gasteiger partial charge on any atom is -0.340 e. The van der Waals surface area contributed by atoms with Crippen molar-refractivity contribution < 1.29 is 9.18 Å². The van der Waals surface area contributed by atoms with Crippen molar-refractivity contribution in [1.29, 1.82) is 0 Å². The summed E-state index contributed by atoms with van der Waals surface area (Å²) in [5.41, 5.74) is 0.804. The van der Waals surface area contributed by atoms with E-state index in [1.54, 1.807) is 30.1 Å². The van der Waals surface area contributed by atoms with Crippen molar-refractivity contribution in [1.82, 2.24) is 10.2 Å². The van der Waals surface area contributed by atoms with Crippen LogP contribution >= 0.6 is 0 Å². The van der Waals surface area contributed by atoms with E-state index in [-0.39, 0.29) is 17.1 Å². The van der Waals surface area contributed by atoms with Gasteiger partial charge in [0, 0.05) is 25.2 Å². The molecular weight excluding hydrogens is 303 g/mol. The molecular formula is C20H31FN2O. The number of benzene rings is 1. The van der Waals surface area contributed by atoms with Crippen LogP contribution in [-0.4, -0.2) is 30.4 Å². The van der Waals surface area contributed by atoms with Gasteiger partial charge in [0.1, 0.15) is 5.82 Å². The molecule has 134 valence electrons. The number of halogens is 1. The lowest BCUT2D eigenvalue weighted by molar-refractivity contribution is -0.129. The molecule has 2 unspecified atom stereocenters. The third-order valence-corrected chi connectivity index (χ3v) is 5.18. The fourth-order valence-electron chi connectivity index (χ4n) is 3.74. The summed E-state index contributed by atoms with van der Waals surface area (Å²) in [6, 6.07) is 7.01. The molecule has 1 saturated carbocycles. The molecule has 24 heavy (non-hydrogen) atoms. The van der Waals surface area contributed by atoms with Gasteiger partial charge in [-0.05, 0) is 30.2 Å². The Kier molecular flexibility index (Phi) is 6.39. The molecule has 1 aromatic rings. The van der Waals surface area contributed by atoms with E-state index in [0.717, 1.165) is 6.42 Å². The fraction of sp³-hybridized carbons (Fsp3) is 0.650. The molecule has 3 nitrogen and oxygen atoms in total. The summed E-state index contributed by atoms with van der Waals surface area (Å²) in [6.45, 7) is 7.47. The van der Waals surface area contributed by atoms with Crippen LogP contribution in [0.25, 0.3) is 0 Å². The van der Waals surface area contributed by atoms with E-state index in [2.05, 4.69) is 26.1 Å². The van der Waals surface area contributed by atoms with E-state index >= 15 is 0 Å². The number of carbonyl (C=O) groups is 1. The molecule has 0 bridgehead atoms. The maximum atomic E-state index is 13.7. The van der Waals surface area contributed by atoms with Crippen LogP contribution in [0.5, 0.6) is 0 Å². The zero-order valence-electron chi connectivity index (χ0n) is 15.4. The number of likely N-dealkylation sites (N-methyl/N-ethyl adjacent to an activating group) is 1. The highest BCUT2D eigenvalue weighted by atomic mass is 19.1. The number of hydrogen-bond acceptors (Lipinski definition) is 2. The van der Waals surface area contributed by atoms with Crippen molar-refractivity contribution in [3.63, 3.8) is 0 Å². The van der Waals surface area contributed by atoms with Crippen molar-refractivity contribution in [3.05, 3.63) is 35.6 Å². The molecule has 2 atom stereocenters. The third-order valence-electron chi connectivity index (χ3n) is 5.18. The Morgan fingerprint density at radius 2 is 1.92 bits per heavy atom. The van der Waals surface area contributed by atoms with Crippen molar-refractivity contribution in [3.8, 4) is 0 Å². The Bertz CT molecular complexity index is 553. The minimum absolute atomic E-state index is 0.0106. The molecule has 0 saturated heterocycles. The molecule has 1 fully saturated rings. The normalized spacial score (nSPS) is 21.5. The molecule has 1 aromatic carbocycles. The van der Waals surface area contributed by atoms with Crippen LogP contribution in [0.15, 0.2) is 24.3 Å². The lowest BCUT2D eigenvalue weighted by Crippen LogP contribution is -2.47. The van der Waals surface area contributed by atoms with Gasteiger partial charge in [-0.1, -0.05) is 51.8 Å². The summed E-state index contributed by atoms with van der Waals surface area (Å²) in [6.07, 6.45) is 4.86. The van der Waals surface area contributed by atoms with Gasteiger partial charge < -0.3 is 10.2 Å². The maximum Gasteiger partial charge on any atom is 0.236 e. The largest absolute Gasteiger partial charge is 0.340 e. The van der Waals surface area contributed by atoms with Crippen LogP contribution in [0, 0.1) is 17.2 Å². The van der Waals surface area contributed by atoms with Crippen molar-refractivity contribution in [2.75, 3.05) is 13.6 Å². The summed E-state index contributed by atoms with van der Waals surface area (Å²) in [7, 11) is 1.73. The number of nitrogens with one attached hydrogen (secondary N) is 1. The highest BCUT2D eigenvalue weighted by Crippen LogP contribution is 2.37. The molecule has 2 rings (SSSR count). The maximum absolute atomic E-state index is 13.7. The van der Waals surface area contributed by atoms with Crippen LogP contribution in [0.3, 0.4) is 0 Å². The Balaban J connectivity index is 1.88. The van der Waals surface area contributed by atoms with Gasteiger partial charge in [-0.3, -0.25) is 4.79 Å². The number of amides is 1. The average Bonchev–Trinajstić information content (AvgIpc) is 2.54. The van der Waals surface area contributed by atoms with Gasteiger partial charge in [0.05, 0.1) is 6.54 Å². The molecule has 0 aliphatic heterocycles. The molecule has 1 aliphatic rings. The van der Waals surface area contributed by atoms with Gasteiger partial charge in [-0.2, -0.15) is 0 Å². The number of hydrogen-bond donors (Lipinski definition) is 1. The van der Waals surface area contributed by atoms with Crippen LogP contribution in [0.2, 0.25) is 0 Å². The third kappa shape index (κ3) is 5.04. The van der Waals surface area contributed by atoms with Gasteiger partial charge in [-0.15, -0.1) is 0 Å². The van der Waals surface area contributed by atoms with Crippen molar-refractivity contribution >= 4 is 5.91 Å². The molecule has 1 aliphatic carbocycles. The first-order valence-electron chi connectivity index (χ1n) is 9.00. The van der Waals surface area contributed by atoms with E-state index in [0.29, 0.717) is 30.6 Å². The van der Waals surface area contributed by atoms with Gasteiger partial charge in [0.2, 0.25) is 5.91 Å². The van der Waals surface area contributed by atoms with E-state index < -0.39 is 0 Å². The summed E-state index contributed by atoms with van der Waals surface area (Å²) >= 11 is 0. The highest BCUT2D eigenvalue weighted by Gasteiger charge is 2.34. The Morgan fingerprint density at radius 3 is 2.58 bits per heavy atom. The monoisotopic (exact) mass is 334 g/mol. The molecule has 1 N–H and O–H groups in total. The first-order chi connectivity index (χ1) is 11.3. The van der Waals surface area contributed by atoms with Crippen LogP contribution in [0.1, 0.15) is 52.0 Å². The predicted molar refractivity (Wildman–Crippen MR) is 96.1 cm³/mol. The second-order valence-corrected chi connectivity index (χ2v) is 8.09. The van der Waals surface area contributed by atoms with Gasteiger partial charge in [0.25, 0.3) is 0 Å². The zero-order chi connectivity index (χ0) is 17.7. The summed E-state index contributed by atoms with van der Waals surface area (Å²) in [4.78, 5) is 14.0. The minimum atomic E-state index is -0.259. The van der Waals surface area contributed by atoms with Crippen LogP contribution in [-0.2, 0) is 11.3 Å². The lowest BCUT2D eigenvalue weighted by atomic mass is 9.69. The van der Waals surface area contributed by atoms with Gasteiger partial charge >= 0.3 is 0 Å². The first kappa shape index (κ1) is 18.9. The van der Waals surface area contributed by atoms with Gasteiger partial charge in [0.15, 0.2) is 0 Å². The van der Waals surface area contributed by atoms with E-state index in [9.17, 15) is 9.18 Å². The predicted octanol–water partition coefficient (Wildman–Crippen LogP) is 3.98. The van der Waals surface area contributed by atoms with Crippen LogP contribution in [0.4, 0.5) is 4.39 Å². The lowest BCUT2D eigenvalue weighted by Gasteiger charge is -2.41. The molecule has 1 amide bonds. The number of rotatable bonds is 5. The Labute approximate surface area is 145 Å². The molecule has 0 spiro atoms. The second-order valence-electron chi connectivity index (χ2n) is 8.09. The van der Waals surface area contributed by atoms with E-state index in [1.807, 2.05) is 0 Å². The van der Waals surface area contributed by atoms with Crippen molar-refractivity contribution in [2.45, 2.75) is 59.0 Å². The standard InChI is InChI=1S/C20H31FN2O/c1-20(2,3)16-10-6-8-12-18(16)22-13-19(24)23(4)14-15-9-5-7-11-17(15)21/h5,7,9,11,16,18,22H,6,8,10,12-14H2,1-4H3. The zero-order valence-corrected chi connectivity index (χ0v) is 15.4. The van der Waals surface area contributed by atoms with Crippen LogP contribution < -0.4 is 5.32 Å². The fourth-order valence-corrected chi connectivity index (χ4v) is 3.74. The molecule has 0 radical (unpaired) electrons. The molecule has 0 aromatic heterocycles. The Hall–Kier alpha value is -1.42. The summed E-state index contributed by atoms with van der Waals surface area (Å²) < 4.78 is 13.7. The van der Waals surface area contributed by atoms with E-state index in [4.69, 9.17) is 0 Å². The van der Waals surface area contributed by atoms with E-state index in [1.165, 1.54) is 25.3 Å². The quantitative estimate of drug-likeness (QED) is 0.883. The SMILES string of the molecule is CN(Cc1ccccc1F)C(=O)CNC1CCCCC1C(C)(C)C. The summed E-state index contributed by atoms with van der Waals surface area (Å²) in [5.74, 6) is 0.345. The van der Waals surface area contributed by atoms with Gasteiger partial charge in [-0.25, -0.2) is 4.39 Å². The Morgan fingerprint density at radius 1 is 1.25 bits per heavy atom. The highest BCUT2D eigenvalue weighted by molar-refractivity contribution is 5.78. The first-order valence-corrected chi connectivity index (χ1v) is 9.00. The summed E-state index contributed by atoms with van der Waals surface area (Å²) in [5, 5.41) is 3.47. The molecule has 0 heterocycles.